The first-order chi connectivity index (χ1) is 12.9. The van der Waals surface area contributed by atoms with E-state index >= 15 is 0 Å². The summed E-state index contributed by atoms with van der Waals surface area (Å²) in [5.41, 5.74) is 0.531. The fourth-order valence-corrected chi connectivity index (χ4v) is 4.96. The van der Waals surface area contributed by atoms with E-state index < -0.39 is 0 Å². The van der Waals surface area contributed by atoms with Gasteiger partial charge >= 0.3 is 0 Å². The van der Waals surface area contributed by atoms with Gasteiger partial charge in [0.2, 0.25) is 0 Å². The van der Waals surface area contributed by atoms with E-state index in [1.807, 2.05) is 0 Å². The maximum atomic E-state index is 2.53. The van der Waals surface area contributed by atoms with Crippen LogP contribution < -0.4 is 0 Å². The fourth-order valence-electron chi connectivity index (χ4n) is 4.96. The Kier molecular flexibility index (Phi) is 14.0. The van der Waals surface area contributed by atoms with Crippen molar-refractivity contribution in [2.45, 2.75) is 132 Å². The first-order valence-electron chi connectivity index (χ1n) is 12.7. The van der Waals surface area contributed by atoms with Gasteiger partial charge in [-0.3, -0.25) is 0 Å². The van der Waals surface area contributed by atoms with Crippen molar-refractivity contribution in [1.29, 1.82) is 0 Å². The molecule has 0 aliphatic rings. The third-order valence-electron chi connectivity index (χ3n) is 7.40. The molecule has 0 heterocycles. The Bertz CT molecular complexity index is 365. The highest BCUT2D eigenvalue weighted by Gasteiger charge is 2.26. The fraction of sp³-hybridized carbons (Fsp3) is 1.00. The Labute approximate surface area is 180 Å². The standard InChI is InChI=1S/C27H58N/c1-11-13-15-20-27(6,7)22-23(3)17-16-19-26(18-14-12-2)24(4)21-25(5)28(8,9)10/h23-26H,11-22H2,1-10H3/q+1. The van der Waals surface area contributed by atoms with Crippen LogP contribution in [0.25, 0.3) is 0 Å². The van der Waals surface area contributed by atoms with E-state index in [0.29, 0.717) is 5.41 Å². The second kappa shape index (κ2) is 14.1. The summed E-state index contributed by atoms with van der Waals surface area (Å²) < 4.78 is 1.09. The molecule has 0 aromatic heterocycles. The van der Waals surface area contributed by atoms with Gasteiger partial charge in [0.05, 0.1) is 27.2 Å². The van der Waals surface area contributed by atoms with Gasteiger partial charge in [0, 0.05) is 6.42 Å². The van der Waals surface area contributed by atoms with Crippen molar-refractivity contribution in [1.82, 2.24) is 0 Å². The molecule has 0 saturated carbocycles. The number of unbranched alkanes of at least 4 members (excludes halogenated alkanes) is 3. The van der Waals surface area contributed by atoms with Crippen molar-refractivity contribution in [3.05, 3.63) is 0 Å². The van der Waals surface area contributed by atoms with E-state index in [-0.39, 0.29) is 0 Å². The van der Waals surface area contributed by atoms with Crippen LogP contribution >= 0.6 is 0 Å². The van der Waals surface area contributed by atoms with Gasteiger partial charge in [-0.15, -0.1) is 0 Å². The van der Waals surface area contributed by atoms with Crippen molar-refractivity contribution < 1.29 is 4.48 Å². The first kappa shape index (κ1) is 28.0. The Hall–Kier alpha value is -0.0400. The summed E-state index contributed by atoms with van der Waals surface area (Å²) in [7, 11) is 7.05. The van der Waals surface area contributed by atoms with Crippen LogP contribution in [-0.4, -0.2) is 31.7 Å². The van der Waals surface area contributed by atoms with Crippen LogP contribution in [0.3, 0.4) is 0 Å². The summed E-state index contributed by atoms with van der Waals surface area (Å²) in [6.07, 6.45) is 16.9. The van der Waals surface area contributed by atoms with Crippen molar-refractivity contribution >= 4 is 0 Å². The van der Waals surface area contributed by atoms with Crippen LogP contribution in [0.1, 0.15) is 126 Å². The van der Waals surface area contributed by atoms with E-state index in [4.69, 9.17) is 0 Å². The van der Waals surface area contributed by atoms with Gasteiger partial charge in [-0.1, -0.05) is 99.3 Å². The molecule has 4 atom stereocenters. The second-order valence-corrected chi connectivity index (χ2v) is 11.9. The molecule has 0 aliphatic heterocycles. The molecule has 0 amide bonds. The molecule has 4 unspecified atom stereocenters. The maximum Gasteiger partial charge on any atom is 0.0858 e. The molecule has 28 heavy (non-hydrogen) atoms. The van der Waals surface area contributed by atoms with Crippen molar-refractivity contribution in [3.8, 4) is 0 Å². The monoisotopic (exact) mass is 396 g/mol. The minimum atomic E-state index is 0.531. The molecule has 170 valence electrons. The van der Waals surface area contributed by atoms with Crippen molar-refractivity contribution in [2.75, 3.05) is 21.1 Å². The Morgan fingerprint density at radius 3 is 1.86 bits per heavy atom. The van der Waals surface area contributed by atoms with Crippen molar-refractivity contribution in [2.24, 2.45) is 23.2 Å². The summed E-state index contributed by atoms with van der Waals surface area (Å²) in [6.45, 7) is 17.1. The average molecular weight is 397 g/mol. The van der Waals surface area contributed by atoms with Crippen molar-refractivity contribution in [3.63, 3.8) is 0 Å². The highest BCUT2D eigenvalue weighted by Crippen LogP contribution is 2.35. The molecule has 0 bridgehead atoms. The lowest BCUT2D eigenvalue weighted by Gasteiger charge is -2.35. The molecule has 0 spiro atoms. The first-order valence-corrected chi connectivity index (χ1v) is 12.7. The summed E-state index contributed by atoms with van der Waals surface area (Å²) in [5.74, 6) is 2.67. The van der Waals surface area contributed by atoms with Crippen LogP contribution in [0.5, 0.6) is 0 Å². The molecule has 0 radical (unpaired) electrons. The van der Waals surface area contributed by atoms with Gasteiger partial charge in [0.1, 0.15) is 0 Å². The summed E-state index contributed by atoms with van der Waals surface area (Å²) in [6, 6.07) is 0.752. The van der Waals surface area contributed by atoms with E-state index in [1.54, 1.807) is 0 Å². The third kappa shape index (κ3) is 13.2. The van der Waals surface area contributed by atoms with Gasteiger partial charge in [-0.05, 0) is 42.9 Å². The highest BCUT2D eigenvalue weighted by molar-refractivity contribution is 4.74. The Morgan fingerprint density at radius 2 is 1.32 bits per heavy atom. The molecule has 0 saturated heterocycles. The predicted molar refractivity (Wildman–Crippen MR) is 130 cm³/mol. The van der Waals surface area contributed by atoms with Crippen LogP contribution in [0, 0.1) is 23.2 Å². The largest absolute Gasteiger partial charge is 0.329 e. The minimum Gasteiger partial charge on any atom is -0.329 e. The Balaban J connectivity index is 4.46. The zero-order chi connectivity index (χ0) is 21.8. The van der Waals surface area contributed by atoms with E-state index in [2.05, 4.69) is 69.6 Å². The number of rotatable bonds is 17. The quantitative estimate of drug-likeness (QED) is 0.170. The van der Waals surface area contributed by atoms with Crippen LogP contribution in [-0.2, 0) is 0 Å². The zero-order valence-electron chi connectivity index (χ0n) is 21.7. The molecule has 0 rings (SSSR count). The molecule has 1 heteroatoms. The van der Waals surface area contributed by atoms with E-state index in [9.17, 15) is 0 Å². The van der Waals surface area contributed by atoms with Gasteiger partial charge in [0.25, 0.3) is 0 Å². The molecule has 1 nitrogen and oxygen atoms in total. The third-order valence-corrected chi connectivity index (χ3v) is 7.40. The van der Waals surface area contributed by atoms with Gasteiger partial charge < -0.3 is 4.48 Å². The van der Waals surface area contributed by atoms with Gasteiger partial charge in [0.15, 0.2) is 0 Å². The molecule has 0 aromatic rings. The average Bonchev–Trinajstić information content (AvgIpc) is 2.56. The summed E-state index contributed by atoms with van der Waals surface area (Å²) in [5, 5.41) is 0. The SMILES string of the molecule is CCCCCC(C)(C)CC(C)CCCC(CCCC)C(C)CC(C)[N+](C)(C)C. The molecule has 0 aromatic carbocycles. The lowest BCUT2D eigenvalue weighted by Crippen LogP contribution is -2.44. The second-order valence-electron chi connectivity index (χ2n) is 11.9. The molecular formula is C27H58N+. The number of hydrogen-bond acceptors (Lipinski definition) is 0. The molecule has 0 N–H and O–H groups in total. The van der Waals surface area contributed by atoms with Crippen LogP contribution in [0.2, 0.25) is 0 Å². The predicted octanol–water partition coefficient (Wildman–Crippen LogP) is 8.72. The minimum absolute atomic E-state index is 0.531. The smallest absolute Gasteiger partial charge is 0.0858 e. The number of quaternary nitrogens is 1. The normalized spacial score (nSPS) is 17.4. The lowest BCUT2D eigenvalue weighted by molar-refractivity contribution is -0.894. The maximum absolute atomic E-state index is 2.53. The van der Waals surface area contributed by atoms with Gasteiger partial charge in [-0.2, -0.15) is 0 Å². The molecule has 0 fully saturated rings. The topological polar surface area (TPSA) is 0 Å². The summed E-state index contributed by atoms with van der Waals surface area (Å²) >= 11 is 0. The Morgan fingerprint density at radius 1 is 0.750 bits per heavy atom. The highest BCUT2D eigenvalue weighted by atomic mass is 15.3. The van der Waals surface area contributed by atoms with Crippen LogP contribution in [0.4, 0.5) is 0 Å². The molecule has 0 aliphatic carbocycles. The number of hydrogen-bond donors (Lipinski definition) is 0. The molecular weight excluding hydrogens is 338 g/mol. The van der Waals surface area contributed by atoms with E-state index in [0.717, 1.165) is 28.3 Å². The van der Waals surface area contributed by atoms with E-state index in [1.165, 1.54) is 77.0 Å². The zero-order valence-corrected chi connectivity index (χ0v) is 21.7. The summed E-state index contributed by atoms with van der Waals surface area (Å²) in [4.78, 5) is 0. The van der Waals surface area contributed by atoms with Gasteiger partial charge in [-0.25, -0.2) is 0 Å². The lowest BCUT2D eigenvalue weighted by atomic mass is 9.77. The van der Waals surface area contributed by atoms with Crippen LogP contribution in [0.15, 0.2) is 0 Å². The number of nitrogens with zero attached hydrogens (tertiary/aromatic N) is 1.